The third-order valence-electron chi connectivity index (χ3n) is 4.05. The number of nitrogens with zero attached hydrogens (tertiary/aromatic N) is 2. The van der Waals surface area contributed by atoms with Crippen LogP contribution in [0.1, 0.15) is 17.5 Å². The van der Waals surface area contributed by atoms with Crippen LogP contribution in [0.3, 0.4) is 0 Å². The zero-order valence-corrected chi connectivity index (χ0v) is 16.7. The first-order valence-corrected chi connectivity index (χ1v) is 9.25. The van der Waals surface area contributed by atoms with E-state index in [1.54, 1.807) is 0 Å². The molecule has 0 spiro atoms. The van der Waals surface area contributed by atoms with Crippen LogP contribution in [-0.4, -0.2) is 42.1 Å². The molecule has 0 radical (unpaired) electrons. The Morgan fingerprint density at radius 3 is 2.44 bits per heavy atom. The summed E-state index contributed by atoms with van der Waals surface area (Å²) in [6.07, 6.45) is 1.05. The SMILES string of the molecule is Cc1c(Cl)cccc1NC(=S)N(CCCN(C)C)Cc1ccccc1. The molecule has 0 aliphatic heterocycles. The summed E-state index contributed by atoms with van der Waals surface area (Å²) in [5.74, 6) is 0. The highest BCUT2D eigenvalue weighted by Gasteiger charge is 2.12. The second kappa shape index (κ2) is 9.76. The van der Waals surface area contributed by atoms with Gasteiger partial charge in [-0.25, -0.2) is 0 Å². The van der Waals surface area contributed by atoms with Crippen LogP contribution < -0.4 is 5.32 Å². The Bertz CT molecular complexity index is 689. The second-order valence-corrected chi connectivity index (χ2v) is 7.20. The molecule has 2 rings (SSSR count). The van der Waals surface area contributed by atoms with E-state index in [0.717, 1.165) is 47.4 Å². The third kappa shape index (κ3) is 6.31. The highest BCUT2D eigenvalue weighted by molar-refractivity contribution is 7.80. The number of hydrogen-bond donors (Lipinski definition) is 1. The van der Waals surface area contributed by atoms with Crippen LogP contribution in [0.25, 0.3) is 0 Å². The van der Waals surface area contributed by atoms with Gasteiger partial charge in [0.25, 0.3) is 0 Å². The van der Waals surface area contributed by atoms with E-state index in [2.05, 4.69) is 53.5 Å². The highest BCUT2D eigenvalue weighted by Crippen LogP contribution is 2.23. The van der Waals surface area contributed by atoms with Crippen LogP contribution in [0, 0.1) is 6.92 Å². The summed E-state index contributed by atoms with van der Waals surface area (Å²) in [6.45, 7) is 4.73. The summed E-state index contributed by atoms with van der Waals surface area (Å²) in [5, 5.41) is 4.84. The van der Waals surface area contributed by atoms with Gasteiger partial charge in [0.1, 0.15) is 0 Å². The summed E-state index contributed by atoms with van der Waals surface area (Å²) >= 11 is 11.9. The molecule has 0 aliphatic rings. The van der Waals surface area contributed by atoms with Gasteiger partial charge in [-0.2, -0.15) is 0 Å². The minimum Gasteiger partial charge on any atom is -0.345 e. The van der Waals surface area contributed by atoms with Gasteiger partial charge in [0.15, 0.2) is 5.11 Å². The molecule has 0 atom stereocenters. The molecule has 0 saturated carbocycles. The first-order chi connectivity index (χ1) is 12.0. The monoisotopic (exact) mass is 375 g/mol. The maximum absolute atomic E-state index is 6.22. The second-order valence-electron chi connectivity index (χ2n) is 6.41. The van der Waals surface area contributed by atoms with E-state index in [1.807, 2.05) is 31.2 Å². The molecule has 0 aliphatic carbocycles. The van der Waals surface area contributed by atoms with Crippen LogP contribution in [0.4, 0.5) is 5.69 Å². The van der Waals surface area contributed by atoms with Gasteiger partial charge in [-0.05, 0) is 69.5 Å². The average Bonchev–Trinajstić information content (AvgIpc) is 2.58. The van der Waals surface area contributed by atoms with Crippen molar-refractivity contribution in [3.05, 3.63) is 64.7 Å². The minimum atomic E-state index is 0.730. The quantitative estimate of drug-likeness (QED) is 0.700. The minimum absolute atomic E-state index is 0.730. The Kier molecular flexibility index (Phi) is 7.69. The van der Waals surface area contributed by atoms with Crippen molar-refractivity contribution in [2.75, 3.05) is 32.5 Å². The van der Waals surface area contributed by atoms with Crippen molar-refractivity contribution in [1.82, 2.24) is 9.80 Å². The van der Waals surface area contributed by atoms with Crippen molar-refractivity contribution in [2.24, 2.45) is 0 Å². The van der Waals surface area contributed by atoms with E-state index in [9.17, 15) is 0 Å². The van der Waals surface area contributed by atoms with E-state index in [4.69, 9.17) is 23.8 Å². The molecule has 0 heterocycles. The Morgan fingerprint density at radius 2 is 1.76 bits per heavy atom. The lowest BCUT2D eigenvalue weighted by Gasteiger charge is -2.27. The Labute approximate surface area is 161 Å². The number of hydrogen-bond acceptors (Lipinski definition) is 2. The molecule has 2 aromatic carbocycles. The molecule has 134 valence electrons. The van der Waals surface area contributed by atoms with Crippen LogP contribution in [0.15, 0.2) is 48.5 Å². The number of halogens is 1. The molecule has 0 amide bonds. The van der Waals surface area contributed by atoms with E-state index in [0.29, 0.717) is 0 Å². The van der Waals surface area contributed by atoms with Crippen molar-refractivity contribution in [3.63, 3.8) is 0 Å². The summed E-state index contributed by atoms with van der Waals surface area (Å²) < 4.78 is 0. The Morgan fingerprint density at radius 1 is 1.04 bits per heavy atom. The lowest BCUT2D eigenvalue weighted by atomic mass is 10.2. The summed E-state index contributed by atoms with van der Waals surface area (Å²) in [6, 6.07) is 16.3. The van der Waals surface area contributed by atoms with Gasteiger partial charge in [-0.1, -0.05) is 48.0 Å². The molecule has 25 heavy (non-hydrogen) atoms. The molecule has 3 nitrogen and oxygen atoms in total. The molecular formula is C20H26ClN3S. The Balaban J connectivity index is 2.09. The van der Waals surface area contributed by atoms with Gasteiger partial charge in [0.05, 0.1) is 0 Å². The maximum atomic E-state index is 6.22. The van der Waals surface area contributed by atoms with Crippen molar-refractivity contribution in [3.8, 4) is 0 Å². The van der Waals surface area contributed by atoms with E-state index in [-0.39, 0.29) is 0 Å². The molecule has 0 unspecified atom stereocenters. The number of nitrogens with one attached hydrogen (secondary N) is 1. The summed E-state index contributed by atoms with van der Waals surface area (Å²) in [5.41, 5.74) is 3.22. The fourth-order valence-corrected chi connectivity index (χ4v) is 3.01. The van der Waals surface area contributed by atoms with Gasteiger partial charge in [-0.3, -0.25) is 0 Å². The molecule has 0 aromatic heterocycles. The maximum Gasteiger partial charge on any atom is 0.173 e. The van der Waals surface area contributed by atoms with Crippen LogP contribution in [0.2, 0.25) is 5.02 Å². The molecule has 1 N–H and O–H groups in total. The number of benzene rings is 2. The Hall–Kier alpha value is -1.62. The first kappa shape index (κ1) is 19.7. The topological polar surface area (TPSA) is 18.5 Å². The standard InChI is InChI=1S/C20H26ClN3S/c1-16-18(21)11-7-12-19(16)22-20(25)24(14-8-13-23(2)3)15-17-9-5-4-6-10-17/h4-7,9-12H,8,13-15H2,1-3H3,(H,22,25). The number of thiocarbonyl (C=S) groups is 1. The molecule has 0 saturated heterocycles. The number of anilines is 1. The summed E-state index contributed by atoms with van der Waals surface area (Å²) in [4.78, 5) is 4.41. The van der Waals surface area contributed by atoms with Crippen molar-refractivity contribution in [1.29, 1.82) is 0 Å². The van der Waals surface area contributed by atoms with E-state index in [1.165, 1.54) is 5.56 Å². The lowest BCUT2D eigenvalue weighted by Crippen LogP contribution is -2.36. The third-order valence-corrected chi connectivity index (χ3v) is 4.82. The molecule has 2 aromatic rings. The zero-order chi connectivity index (χ0) is 18.2. The van der Waals surface area contributed by atoms with Crippen LogP contribution in [-0.2, 0) is 6.54 Å². The largest absolute Gasteiger partial charge is 0.345 e. The molecule has 0 fully saturated rings. The van der Waals surface area contributed by atoms with E-state index < -0.39 is 0 Å². The fourth-order valence-electron chi connectivity index (χ4n) is 2.57. The van der Waals surface area contributed by atoms with Crippen molar-refractivity contribution < 1.29 is 0 Å². The van der Waals surface area contributed by atoms with Crippen LogP contribution in [0.5, 0.6) is 0 Å². The zero-order valence-electron chi connectivity index (χ0n) is 15.1. The predicted octanol–water partition coefficient (Wildman–Crippen LogP) is 4.80. The summed E-state index contributed by atoms with van der Waals surface area (Å²) in [7, 11) is 4.18. The molecule has 0 bridgehead atoms. The molecular weight excluding hydrogens is 350 g/mol. The van der Waals surface area contributed by atoms with Gasteiger partial charge >= 0.3 is 0 Å². The lowest BCUT2D eigenvalue weighted by molar-refractivity contribution is 0.346. The van der Waals surface area contributed by atoms with Gasteiger partial charge in [-0.15, -0.1) is 0 Å². The first-order valence-electron chi connectivity index (χ1n) is 8.47. The average molecular weight is 376 g/mol. The van der Waals surface area contributed by atoms with Gasteiger partial charge in [0.2, 0.25) is 0 Å². The predicted molar refractivity (Wildman–Crippen MR) is 112 cm³/mol. The highest BCUT2D eigenvalue weighted by atomic mass is 35.5. The van der Waals surface area contributed by atoms with E-state index >= 15 is 0 Å². The van der Waals surface area contributed by atoms with Crippen LogP contribution >= 0.6 is 23.8 Å². The van der Waals surface area contributed by atoms with Crippen molar-refractivity contribution >= 4 is 34.6 Å². The smallest absolute Gasteiger partial charge is 0.173 e. The fraction of sp³-hybridized carbons (Fsp3) is 0.350. The molecule has 5 heteroatoms. The van der Waals surface area contributed by atoms with Gasteiger partial charge in [0, 0.05) is 23.8 Å². The van der Waals surface area contributed by atoms with Crippen molar-refractivity contribution in [2.45, 2.75) is 19.9 Å². The normalized spacial score (nSPS) is 10.8. The van der Waals surface area contributed by atoms with Gasteiger partial charge < -0.3 is 15.1 Å². The number of rotatable bonds is 7.